The molecule has 1 aromatic carbocycles. The van der Waals surface area contributed by atoms with Crippen LogP contribution in [0.25, 0.3) is 10.9 Å². The number of aromatic nitrogens is 3. The molecule has 40 heavy (non-hydrogen) atoms. The van der Waals surface area contributed by atoms with Gasteiger partial charge < -0.3 is 24.7 Å². The van der Waals surface area contributed by atoms with Gasteiger partial charge in [-0.1, -0.05) is 20.8 Å². The van der Waals surface area contributed by atoms with Crippen molar-refractivity contribution in [1.29, 1.82) is 5.26 Å². The molecule has 4 unspecified atom stereocenters. The summed E-state index contributed by atoms with van der Waals surface area (Å²) in [7, 11) is 0. The SMILES string of the molecule is Cc1cc(Nc2nn(C3(CC#N)CCC(C(C)(C)C)OC3)c3cc[nH]c(=O)c23)ccc1C(=O)N1CC2CC1CO2. The molecule has 1 amide bonds. The highest BCUT2D eigenvalue weighted by Crippen LogP contribution is 2.41. The molecule has 0 saturated carbocycles. The molecule has 2 aromatic heterocycles. The summed E-state index contributed by atoms with van der Waals surface area (Å²) in [5.74, 6) is 0.426. The Kier molecular flexibility index (Phi) is 6.47. The zero-order valence-corrected chi connectivity index (χ0v) is 23.5. The fourth-order valence-electron chi connectivity index (χ4n) is 6.47. The van der Waals surface area contributed by atoms with E-state index < -0.39 is 5.54 Å². The molecule has 210 valence electrons. The van der Waals surface area contributed by atoms with Gasteiger partial charge in [0.15, 0.2) is 5.82 Å². The molecule has 10 nitrogen and oxygen atoms in total. The lowest BCUT2D eigenvalue weighted by molar-refractivity contribution is -0.100. The van der Waals surface area contributed by atoms with Gasteiger partial charge in [0.1, 0.15) is 5.39 Å². The molecule has 6 rings (SSSR count). The van der Waals surface area contributed by atoms with Crippen LogP contribution in [-0.4, -0.2) is 63.6 Å². The van der Waals surface area contributed by atoms with Crippen molar-refractivity contribution in [2.45, 2.75) is 77.2 Å². The number of fused-ring (bicyclic) bond motifs is 3. The molecular formula is C30H36N6O4. The van der Waals surface area contributed by atoms with E-state index in [0.717, 1.165) is 24.1 Å². The molecule has 2 N–H and O–H groups in total. The lowest BCUT2D eigenvalue weighted by Crippen LogP contribution is -2.47. The summed E-state index contributed by atoms with van der Waals surface area (Å²) < 4.78 is 13.8. The highest BCUT2D eigenvalue weighted by atomic mass is 16.5. The number of benzene rings is 1. The molecule has 2 bridgehead atoms. The number of nitrogens with zero attached hydrogens (tertiary/aromatic N) is 4. The quantitative estimate of drug-likeness (QED) is 0.493. The van der Waals surface area contributed by atoms with Gasteiger partial charge in [-0.3, -0.25) is 14.3 Å². The summed E-state index contributed by atoms with van der Waals surface area (Å²) in [6.45, 7) is 9.97. The van der Waals surface area contributed by atoms with E-state index in [1.54, 1.807) is 6.20 Å². The standard InChI is InChI=1S/C30H36N6O4/c1-18-13-19(5-6-22(18)28(38)35-15-21-14-20(35)16-39-21)33-26-25-23(8-12-32-27(25)37)36(34-26)30(10-11-31)9-7-24(40-17-30)29(2,3)4/h5-6,8,12-13,20-21,24H,7,9-10,14-17H2,1-4H3,(H,32,37)(H,33,34). The van der Waals surface area contributed by atoms with Crippen LogP contribution in [0.1, 0.15) is 62.4 Å². The Bertz CT molecular complexity index is 1550. The number of aromatic amines is 1. The Morgan fingerprint density at radius 3 is 2.75 bits per heavy atom. The first kappa shape index (κ1) is 26.5. The first-order valence-electron chi connectivity index (χ1n) is 14.0. The van der Waals surface area contributed by atoms with E-state index in [0.29, 0.717) is 48.5 Å². The van der Waals surface area contributed by atoms with Gasteiger partial charge in [-0.2, -0.15) is 10.4 Å². The van der Waals surface area contributed by atoms with Crippen molar-refractivity contribution in [3.63, 3.8) is 0 Å². The fraction of sp³-hybridized carbons (Fsp3) is 0.533. The maximum Gasteiger partial charge on any atom is 0.261 e. The van der Waals surface area contributed by atoms with Crippen molar-refractivity contribution in [3.8, 4) is 6.07 Å². The Balaban J connectivity index is 1.32. The minimum atomic E-state index is -0.687. The third kappa shape index (κ3) is 4.47. The molecule has 10 heteroatoms. The highest BCUT2D eigenvalue weighted by molar-refractivity contribution is 5.97. The lowest BCUT2D eigenvalue weighted by atomic mass is 9.79. The summed E-state index contributed by atoms with van der Waals surface area (Å²) >= 11 is 0. The van der Waals surface area contributed by atoms with Crippen molar-refractivity contribution < 1.29 is 14.3 Å². The maximum atomic E-state index is 13.3. The van der Waals surface area contributed by atoms with E-state index in [1.165, 1.54) is 0 Å². The Hall–Kier alpha value is -3.68. The predicted octanol–water partition coefficient (Wildman–Crippen LogP) is 4.22. The van der Waals surface area contributed by atoms with Crippen LogP contribution in [-0.2, 0) is 15.0 Å². The van der Waals surface area contributed by atoms with Gasteiger partial charge in [0.25, 0.3) is 11.5 Å². The number of likely N-dealkylation sites (tertiary alicyclic amines) is 1. The predicted molar refractivity (Wildman–Crippen MR) is 151 cm³/mol. The van der Waals surface area contributed by atoms with Crippen LogP contribution in [0.5, 0.6) is 0 Å². The van der Waals surface area contributed by atoms with Gasteiger partial charge in [0, 0.05) is 24.0 Å². The summed E-state index contributed by atoms with van der Waals surface area (Å²) in [4.78, 5) is 31.0. The minimum Gasteiger partial charge on any atom is -0.375 e. The van der Waals surface area contributed by atoms with E-state index >= 15 is 0 Å². The van der Waals surface area contributed by atoms with E-state index in [9.17, 15) is 14.9 Å². The number of rotatable bonds is 5. The molecule has 3 aliphatic heterocycles. The number of hydrogen-bond acceptors (Lipinski definition) is 7. The number of H-pyrrole nitrogens is 1. The van der Waals surface area contributed by atoms with Crippen molar-refractivity contribution in [1.82, 2.24) is 19.7 Å². The highest BCUT2D eigenvalue weighted by Gasteiger charge is 2.44. The van der Waals surface area contributed by atoms with Crippen LogP contribution in [0.15, 0.2) is 35.3 Å². The van der Waals surface area contributed by atoms with Gasteiger partial charge in [0.05, 0.1) is 55.0 Å². The van der Waals surface area contributed by atoms with E-state index in [2.05, 4.69) is 37.1 Å². The molecule has 0 aliphatic carbocycles. The summed E-state index contributed by atoms with van der Waals surface area (Å²) in [5.41, 5.74) is 1.90. The van der Waals surface area contributed by atoms with Gasteiger partial charge in [-0.15, -0.1) is 0 Å². The fourth-order valence-corrected chi connectivity index (χ4v) is 6.47. The summed E-state index contributed by atoms with van der Waals surface area (Å²) in [6, 6.07) is 9.89. The second kappa shape index (κ2) is 9.75. The maximum absolute atomic E-state index is 13.3. The number of ether oxygens (including phenoxy) is 2. The van der Waals surface area contributed by atoms with Crippen molar-refractivity contribution in [2.24, 2.45) is 5.41 Å². The van der Waals surface area contributed by atoms with Crippen molar-refractivity contribution in [2.75, 3.05) is 25.1 Å². The van der Waals surface area contributed by atoms with Gasteiger partial charge in [-0.05, 0) is 61.4 Å². The number of carbonyl (C=O) groups is 1. The summed E-state index contributed by atoms with van der Waals surface area (Å²) in [6.07, 6.45) is 4.46. The molecular weight excluding hydrogens is 508 g/mol. The number of pyridine rings is 1. The van der Waals surface area contributed by atoms with Gasteiger partial charge in [-0.25, -0.2) is 0 Å². The number of nitriles is 1. The zero-order valence-electron chi connectivity index (χ0n) is 23.5. The van der Waals surface area contributed by atoms with Gasteiger partial charge in [0.2, 0.25) is 0 Å². The first-order valence-corrected chi connectivity index (χ1v) is 14.0. The van der Waals surface area contributed by atoms with Crippen molar-refractivity contribution >= 4 is 28.3 Å². The molecule has 0 spiro atoms. The molecule has 3 aliphatic rings. The van der Waals surface area contributed by atoms with Crippen LogP contribution in [0, 0.1) is 23.7 Å². The Labute approximate surface area is 233 Å². The molecule has 4 atom stereocenters. The van der Waals surface area contributed by atoms with Crippen LogP contribution >= 0.6 is 0 Å². The normalized spacial score (nSPS) is 26.3. The number of hydrogen-bond donors (Lipinski definition) is 2. The number of amides is 1. The van der Waals surface area contributed by atoms with E-state index in [4.69, 9.17) is 14.6 Å². The first-order chi connectivity index (χ1) is 19.1. The number of nitrogens with one attached hydrogen (secondary N) is 2. The topological polar surface area (TPSA) is 125 Å². The van der Waals surface area contributed by atoms with Crippen molar-refractivity contribution in [3.05, 3.63) is 51.9 Å². The van der Waals surface area contributed by atoms with Crippen LogP contribution in [0.3, 0.4) is 0 Å². The minimum absolute atomic E-state index is 0.0115. The van der Waals surface area contributed by atoms with Gasteiger partial charge >= 0.3 is 0 Å². The smallest absolute Gasteiger partial charge is 0.261 e. The number of morpholine rings is 1. The second-order valence-electron chi connectivity index (χ2n) is 12.5. The average Bonchev–Trinajstić information content (AvgIpc) is 3.64. The van der Waals surface area contributed by atoms with E-state index in [-0.39, 0.29) is 41.6 Å². The Morgan fingerprint density at radius 1 is 1.30 bits per heavy atom. The summed E-state index contributed by atoms with van der Waals surface area (Å²) in [5, 5.41) is 18.4. The molecule has 0 radical (unpaired) electrons. The zero-order chi connectivity index (χ0) is 28.2. The molecule has 3 saturated heterocycles. The lowest BCUT2D eigenvalue weighted by Gasteiger charge is -2.43. The largest absolute Gasteiger partial charge is 0.375 e. The van der Waals surface area contributed by atoms with Crippen LogP contribution in [0.2, 0.25) is 0 Å². The van der Waals surface area contributed by atoms with E-state index in [1.807, 2.05) is 40.8 Å². The molecule has 5 heterocycles. The third-order valence-electron chi connectivity index (χ3n) is 8.73. The molecule has 3 aromatic rings. The third-order valence-corrected chi connectivity index (χ3v) is 8.73. The number of anilines is 2. The number of carbonyl (C=O) groups excluding carboxylic acids is 1. The second-order valence-corrected chi connectivity index (χ2v) is 12.5. The molecule has 3 fully saturated rings. The number of aryl methyl sites for hydroxylation is 1. The van der Waals surface area contributed by atoms with Crippen LogP contribution < -0.4 is 10.9 Å². The monoisotopic (exact) mass is 544 g/mol. The average molecular weight is 545 g/mol. The van der Waals surface area contributed by atoms with Crippen LogP contribution in [0.4, 0.5) is 11.5 Å². The Morgan fingerprint density at radius 2 is 2.12 bits per heavy atom.